The van der Waals surface area contributed by atoms with E-state index in [0.29, 0.717) is 0 Å². The summed E-state index contributed by atoms with van der Waals surface area (Å²) in [5, 5.41) is 8.59. The summed E-state index contributed by atoms with van der Waals surface area (Å²) < 4.78 is 2.55. The third-order valence-electron chi connectivity index (χ3n) is 1.17. The molecule has 0 aromatic carbocycles. The molecule has 0 atom stereocenters. The molecule has 0 spiro atoms. The molecule has 0 heterocycles. The summed E-state index contributed by atoms with van der Waals surface area (Å²) in [4.78, 5) is 11.1. The summed E-state index contributed by atoms with van der Waals surface area (Å²) in [6, 6.07) is 1.52. The molecule has 0 unspecified atom stereocenters. The average Bonchev–Trinajstić information content (AvgIpc) is 2.04. The molecule has 0 aromatic rings. The van der Waals surface area contributed by atoms with Crippen molar-refractivity contribution in [3.63, 3.8) is 0 Å². The minimum absolute atomic E-state index is 0.108. The SMILES string of the molecule is CCOC(=O)/C(C#N)=C(\N)C(Cl)(Cl)Cl. The van der Waals surface area contributed by atoms with Crippen LogP contribution in [0.4, 0.5) is 0 Å². The summed E-state index contributed by atoms with van der Waals surface area (Å²) in [7, 11) is 0. The van der Waals surface area contributed by atoms with Gasteiger partial charge in [0.25, 0.3) is 0 Å². The molecule has 0 fully saturated rings. The van der Waals surface area contributed by atoms with Crippen LogP contribution in [0.1, 0.15) is 6.92 Å². The van der Waals surface area contributed by atoms with Crippen molar-refractivity contribution in [2.45, 2.75) is 10.7 Å². The maximum atomic E-state index is 11.1. The number of allylic oxidation sites excluding steroid dienone is 1. The van der Waals surface area contributed by atoms with Gasteiger partial charge in [-0.3, -0.25) is 0 Å². The lowest BCUT2D eigenvalue weighted by atomic mass is 10.2. The van der Waals surface area contributed by atoms with Crippen LogP contribution in [-0.4, -0.2) is 16.4 Å². The van der Waals surface area contributed by atoms with Crippen LogP contribution in [-0.2, 0) is 9.53 Å². The molecule has 0 aliphatic heterocycles. The fraction of sp³-hybridized carbons (Fsp3) is 0.429. The van der Waals surface area contributed by atoms with Gasteiger partial charge in [0.2, 0.25) is 3.79 Å². The Bertz CT molecular complexity index is 301. The molecule has 0 aliphatic carbocycles. The first kappa shape index (κ1) is 13.4. The van der Waals surface area contributed by atoms with Gasteiger partial charge in [-0.05, 0) is 6.92 Å². The summed E-state index contributed by atoms with van der Waals surface area (Å²) in [5.41, 5.74) is 4.36. The van der Waals surface area contributed by atoms with Crippen molar-refractivity contribution in [3.8, 4) is 6.07 Å². The fourth-order valence-electron chi connectivity index (χ4n) is 0.561. The van der Waals surface area contributed by atoms with Crippen LogP contribution >= 0.6 is 34.8 Å². The number of hydrogen-bond donors (Lipinski definition) is 1. The molecule has 4 nitrogen and oxygen atoms in total. The second-order valence-corrected chi connectivity index (χ2v) is 4.40. The maximum Gasteiger partial charge on any atom is 0.350 e. The monoisotopic (exact) mass is 256 g/mol. The van der Waals surface area contributed by atoms with Crippen LogP contribution in [0.3, 0.4) is 0 Å². The third kappa shape index (κ3) is 3.62. The number of esters is 1. The Labute approximate surface area is 96.2 Å². The minimum atomic E-state index is -1.99. The second-order valence-electron chi connectivity index (χ2n) is 2.12. The summed E-state index contributed by atoms with van der Waals surface area (Å²) in [5.74, 6) is -0.904. The standard InChI is InChI=1S/C7H7Cl3N2O2/c1-2-14-6(13)4(3-11)5(12)7(8,9)10/h2,12H2,1H3/b5-4-. The summed E-state index contributed by atoms with van der Waals surface area (Å²) in [6.07, 6.45) is 0. The van der Waals surface area contributed by atoms with E-state index in [9.17, 15) is 4.79 Å². The van der Waals surface area contributed by atoms with Crippen LogP contribution in [0.15, 0.2) is 11.3 Å². The molecule has 0 aromatic heterocycles. The quantitative estimate of drug-likeness (QED) is 0.353. The number of nitriles is 1. The van der Waals surface area contributed by atoms with Gasteiger partial charge in [0.1, 0.15) is 6.07 Å². The van der Waals surface area contributed by atoms with E-state index in [4.69, 9.17) is 45.8 Å². The number of nitrogens with two attached hydrogens (primary N) is 1. The van der Waals surface area contributed by atoms with Gasteiger partial charge in [-0.1, -0.05) is 34.8 Å². The highest BCUT2D eigenvalue weighted by Gasteiger charge is 2.30. The predicted molar refractivity (Wildman–Crippen MR) is 53.7 cm³/mol. The van der Waals surface area contributed by atoms with E-state index in [2.05, 4.69) is 4.74 Å². The smallest absolute Gasteiger partial charge is 0.350 e. The Balaban J connectivity index is 5.08. The maximum absolute atomic E-state index is 11.1. The molecular formula is C7H7Cl3N2O2. The fourth-order valence-corrected chi connectivity index (χ4v) is 0.844. The van der Waals surface area contributed by atoms with E-state index in [1.165, 1.54) is 6.07 Å². The number of halogens is 3. The average molecular weight is 258 g/mol. The first-order chi connectivity index (χ1) is 6.34. The molecule has 78 valence electrons. The van der Waals surface area contributed by atoms with Crippen molar-refractivity contribution in [3.05, 3.63) is 11.3 Å². The van der Waals surface area contributed by atoms with Crippen LogP contribution in [0, 0.1) is 11.3 Å². The van der Waals surface area contributed by atoms with E-state index in [-0.39, 0.29) is 6.61 Å². The zero-order valence-corrected chi connectivity index (χ0v) is 9.45. The Morgan fingerprint density at radius 1 is 1.57 bits per heavy atom. The van der Waals surface area contributed by atoms with E-state index in [1.54, 1.807) is 6.92 Å². The molecule has 0 radical (unpaired) electrons. The molecule has 0 aliphatic rings. The molecule has 0 saturated heterocycles. The van der Waals surface area contributed by atoms with Gasteiger partial charge in [-0.25, -0.2) is 4.79 Å². The van der Waals surface area contributed by atoms with Gasteiger partial charge in [0, 0.05) is 0 Å². The third-order valence-corrected chi connectivity index (χ3v) is 1.78. The molecule has 7 heteroatoms. The lowest BCUT2D eigenvalue weighted by molar-refractivity contribution is -0.138. The van der Waals surface area contributed by atoms with Gasteiger partial charge < -0.3 is 10.5 Å². The van der Waals surface area contributed by atoms with Gasteiger partial charge in [-0.15, -0.1) is 0 Å². The molecule has 2 N–H and O–H groups in total. The molecule has 0 amide bonds. The lowest BCUT2D eigenvalue weighted by Crippen LogP contribution is -2.22. The van der Waals surface area contributed by atoms with Crippen molar-refractivity contribution in [1.29, 1.82) is 5.26 Å². The molecule has 0 saturated carbocycles. The number of carbonyl (C=O) groups is 1. The number of rotatable bonds is 2. The van der Waals surface area contributed by atoms with Crippen molar-refractivity contribution < 1.29 is 9.53 Å². The zero-order valence-electron chi connectivity index (χ0n) is 7.18. The molecular weight excluding hydrogens is 250 g/mol. The topological polar surface area (TPSA) is 76.1 Å². The van der Waals surface area contributed by atoms with E-state index in [0.717, 1.165) is 0 Å². The number of ether oxygens (including phenoxy) is 1. The second kappa shape index (κ2) is 5.30. The van der Waals surface area contributed by atoms with Crippen molar-refractivity contribution in [2.24, 2.45) is 5.73 Å². The van der Waals surface area contributed by atoms with Crippen LogP contribution in [0.2, 0.25) is 0 Å². The van der Waals surface area contributed by atoms with Gasteiger partial charge in [0.05, 0.1) is 12.3 Å². The van der Waals surface area contributed by atoms with Gasteiger partial charge in [0.15, 0.2) is 5.57 Å². The first-order valence-corrected chi connectivity index (χ1v) is 4.62. The van der Waals surface area contributed by atoms with Crippen LogP contribution < -0.4 is 5.73 Å². The van der Waals surface area contributed by atoms with Crippen molar-refractivity contribution in [2.75, 3.05) is 6.61 Å². The zero-order chi connectivity index (χ0) is 11.4. The largest absolute Gasteiger partial charge is 0.462 e. The molecule has 0 bridgehead atoms. The predicted octanol–water partition coefficient (Wildman–Crippen LogP) is 1.66. The number of carbonyl (C=O) groups excluding carboxylic acids is 1. The van der Waals surface area contributed by atoms with Crippen molar-refractivity contribution >= 4 is 40.8 Å². The Hall–Kier alpha value is -0.630. The van der Waals surface area contributed by atoms with Gasteiger partial charge in [-0.2, -0.15) is 5.26 Å². The Morgan fingerprint density at radius 2 is 2.07 bits per heavy atom. The molecule has 14 heavy (non-hydrogen) atoms. The number of alkyl halides is 3. The summed E-state index contributed by atoms with van der Waals surface area (Å²) >= 11 is 16.2. The highest BCUT2D eigenvalue weighted by Crippen LogP contribution is 2.33. The van der Waals surface area contributed by atoms with E-state index in [1.807, 2.05) is 0 Å². The Morgan fingerprint density at radius 3 is 2.36 bits per heavy atom. The van der Waals surface area contributed by atoms with Crippen LogP contribution in [0.25, 0.3) is 0 Å². The minimum Gasteiger partial charge on any atom is -0.462 e. The number of hydrogen-bond acceptors (Lipinski definition) is 4. The highest BCUT2D eigenvalue weighted by atomic mass is 35.6. The molecule has 0 rings (SSSR count). The Kier molecular flexibility index (Phi) is 5.06. The normalized spacial score (nSPS) is 12.8. The first-order valence-electron chi connectivity index (χ1n) is 3.48. The highest BCUT2D eigenvalue weighted by molar-refractivity contribution is 6.69. The van der Waals surface area contributed by atoms with E-state index < -0.39 is 21.0 Å². The van der Waals surface area contributed by atoms with Crippen molar-refractivity contribution in [1.82, 2.24) is 0 Å². The number of nitrogens with zero attached hydrogens (tertiary/aromatic N) is 1. The van der Waals surface area contributed by atoms with Crippen LogP contribution in [0.5, 0.6) is 0 Å². The summed E-state index contributed by atoms with van der Waals surface area (Å²) in [6.45, 7) is 1.69. The lowest BCUT2D eigenvalue weighted by Gasteiger charge is -2.12. The van der Waals surface area contributed by atoms with Gasteiger partial charge >= 0.3 is 5.97 Å². The van der Waals surface area contributed by atoms with E-state index >= 15 is 0 Å².